The first kappa shape index (κ1) is 27.9. The monoisotopic (exact) mass is 557 g/mol. The summed E-state index contributed by atoms with van der Waals surface area (Å²) < 4.78 is 54.0. The lowest BCUT2D eigenvalue weighted by atomic mass is 10.3. The lowest BCUT2D eigenvalue weighted by Gasteiger charge is -2.21. The van der Waals surface area contributed by atoms with Crippen LogP contribution in [0.5, 0.6) is 17.4 Å². The number of hydrogen-bond donors (Lipinski definition) is 2. The molecule has 2 unspecified atom stereocenters. The number of rotatable bonds is 9. The second kappa shape index (κ2) is 12.0. The zero-order valence-electron chi connectivity index (χ0n) is 19.3. The zero-order valence-corrected chi connectivity index (χ0v) is 20.8. The fourth-order valence-electron chi connectivity index (χ4n) is 2.86. The number of carbonyl (C=O) groups excluding carboxylic acids is 2. The second-order valence-corrected chi connectivity index (χ2v) is 8.30. The number of nitrogens with one attached hydrogen (secondary N) is 2. The van der Waals surface area contributed by atoms with E-state index in [4.69, 9.17) is 37.4 Å². The van der Waals surface area contributed by atoms with Gasteiger partial charge in [-0.15, -0.1) is 0 Å². The smallest absolute Gasteiger partial charge is 0.417 e. The van der Waals surface area contributed by atoms with Crippen molar-refractivity contribution in [2.45, 2.75) is 25.4 Å². The van der Waals surface area contributed by atoms with Crippen LogP contribution in [-0.4, -0.2) is 36.2 Å². The van der Waals surface area contributed by atoms with E-state index in [0.29, 0.717) is 23.0 Å². The Hall–Kier alpha value is -3.70. The molecular formula is C24H20Cl2F3N3O5. The van der Waals surface area contributed by atoms with Crippen LogP contribution in [0, 0.1) is 0 Å². The molecule has 0 spiro atoms. The van der Waals surface area contributed by atoms with E-state index >= 15 is 0 Å². The van der Waals surface area contributed by atoms with Gasteiger partial charge in [-0.25, -0.2) is 9.78 Å². The highest BCUT2D eigenvalue weighted by molar-refractivity contribution is 6.32. The van der Waals surface area contributed by atoms with E-state index in [0.717, 1.165) is 0 Å². The van der Waals surface area contributed by atoms with Crippen molar-refractivity contribution in [1.82, 2.24) is 10.3 Å². The van der Waals surface area contributed by atoms with Crippen LogP contribution in [0.2, 0.25) is 10.0 Å². The molecule has 1 heterocycles. The van der Waals surface area contributed by atoms with Gasteiger partial charge in [-0.05, 0) is 61.5 Å². The van der Waals surface area contributed by atoms with Crippen LogP contribution in [-0.2, 0) is 20.5 Å². The van der Waals surface area contributed by atoms with Gasteiger partial charge < -0.3 is 24.8 Å². The molecule has 2 atom stereocenters. The molecule has 196 valence electrons. The number of esters is 1. The zero-order chi connectivity index (χ0) is 27.2. The lowest BCUT2D eigenvalue weighted by molar-refractivity contribution is -0.145. The highest BCUT2D eigenvalue weighted by Crippen LogP contribution is 2.35. The summed E-state index contributed by atoms with van der Waals surface area (Å²) in [7, 11) is 1.18. The maximum absolute atomic E-state index is 12.8. The van der Waals surface area contributed by atoms with Gasteiger partial charge in [-0.3, -0.25) is 4.79 Å². The van der Waals surface area contributed by atoms with Crippen molar-refractivity contribution in [2.75, 3.05) is 12.4 Å². The standard InChI is InChI=1S/C24H20Cl2F3N3O5/c1-13(21(33)32-20(23(34)35-2)31-16-5-3-15(25)4-6-16)36-17-7-9-18(10-8-17)37-22-19(26)11-14(12-30-22)24(27,28)29/h3-13,20,31H,1-2H3,(H,32,33). The van der Waals surface area contributed by atoms with Gasteiger partial charge in [0.2, 0.25) is 5.88 Å². The Kier molecular flexibility index (Phi) is 9.06. The van der Waals surface area contributed by atoms with E-state index in [1.54, 1.807) is 24.3 Å². The van der Waals surface area contributed by atoms with Gasteiger partial charge >= 0.3 is 12.1 Å². The molecule has 0 bridgehead atoms. The first-order valence-electron chi connectivity index (χ1n) is 10.5. The van der Waals surface area contributed by atoms with Crippen LogP contribution >= 0.6 is 23.2 Å². The van der Waals surface area contributed by atoms with Gasteiger partial charge in [0.1, 0.15) is 16.5 Å². The van der Waals surface area contributed by atoms with Gasteiger partial charge in [-0.1, -0.05) is 23.2 Å². The number of carbonyl (C=O) groups is 2. The molecule has 1 aromatic heterocycles. The molecule has 0 aliphatic heterocycles. The third-order valence-corrected chi connectivity index (χ3v) is 5.26. The molecule has 0 radical (unpaired) electrons. The van der Waals surface area contributed by atoms with E-state index in [9.17, 15) is 22.8 Å². The summed E-state index contributed by atoms with van der Waals surface area (Å²) in [6, 6.07) is 13.0. The lowest BCUT2D eigenvalue weighted by Crippen LogP contribution is -2.50. The number of ether oxygens (including phenoxy) is 3. The summed E-state index contributed by atoms with van der Waals surface area (Å²) >= 11 is 11.7. The van der Waals surface area contributed by atoms with Crippen LogP contribution in [0.1, 0.15) is 12.5 Å². The molecule has 0 saturated carbocycles. The summed E-state index contributed by atoms with van der Waals surface area (Å²) in [5.74, 6) is -1.05. The molecule has 2 aromatic carbocycles. The Labute approximate surface area is 219 Å². The predicted molar refractivity (Wildman–Crippen MR) is 130 cm³/mol. The van der Waals surface area contributed by atoms with Gasteiger partial charge in [0.05, 0.1) is 12.7 Å². The van der Waals surface area contributed by atoms with Crippen LogP contribution < -0.4 is 20.1 Å². The fraction of sp³-hybridized carbons (Fsp3) is 0.208. The minimum absolute atomic E-state index is 0.210. The summed E-state index contributed by atoms with van der Waals surface area (Å²) in [6.07, 6.45) is -6.18. The molecule has 13 heteroatoms. The third kappa shape index (κ3) is 7.89. The fourth-order valence-corrected chi connectivity index (χ4v) is 3.19. The van der Waals surface area contributed by atoms with Gasteiger partial charge in [-0.2, -0.15) is 13.2 Å². The number of amides is 1. The number of alkyl halides is 3. The topological polar surface area (TPSA) is 98.8 Å². The maximum atomic E-state index is 12.8. The van der Waals surface area contributed by atoms with E-state index < -0.39 is 35.9 Å². The Bertz CT molecular complexity index is 1240. The van der Waals surface area contributed by atoms with Crippen LogP contribution in [0.3, 0.4) is 0 Å². The molecule has 1 amide bonds. The van der Waals surface area contributed by atoms with Crippen LogP contribution in [0.4, 0.5) is 18.9 Å². The quantitative estimate of drug-likeness (QED) is 0.257. The van der Waals surface area contributed by atoms with Crippen molar-refractivity contribution >= 4 is 40.8 Å². The first-order chi connectivity index (χ1) is 17.5. The molecule has 0 fully saturated rings. The number of nitrogens with zero attached hydrogens (tertiary/aromatic N) is 1. The van der Waals surface area contributed by atoms with Crippen molar-refractivity contribution in [2.24, 2.45) is 0 Å². The largest absolute Gasteiger partial charge is 0.481 e. The van der Waals surface area contributed by atoms with E-state index in [2.05, 4.69) is 15.6 Å². The van der Waals surface area contributed by atoms with Crippen molar-refractivity contribution in [1.29, 1.82) is 0 Å². The average molecular weight is 558 g/mol. The molecule has 0 aliphatic carbocycles. The Morgan fingerprint density at radius 2 is 1.62 bits per heavy atom. The van der Waals surface area contributed by atoms with Gasteiger partial charge in [0, 0.05) is 16.9 Å². The van der Waals surface area contributed by atoms with E-state index in [-0.39, 0.29) is 22.4 Å². The number of hydrogen-bond acceptors (Lipinski definition) is 7. The number of halogens is 5. The Morgan fingerprint density at radius 1 is 1.00 bits per heavy atom. The average Bonchev–Trinajstić information content (AvgIpc) is 2.86. The summed E-state index contributed by atoms with van der Waals surface area (Å²) in [6.45, 7) is 1.47. The SMILES string of the molecule is COC(=O)C(NC(=O)C(C)Oc1ccc(Oc2ncc(C(F)(F)F)cc2Cl)cc1)Nc1ccc(Cl)cc1. The predicted octanol–water partition coefficient (Wildman–Crippen LogP) is 5.69. The number of methoxy groups -OCH3 is 1. The molecule has 8 nitrogen and oxygen atoms in total. The minimum Gasteiger partial charge on any atom is -0.481 e. The van der Waals surface area contributed by atoms with Crippen LogP contribution in [0.25, 0.3) is 0 Å². The molecule has 37 heavy (non-hydrogen) atoms. The number of benzene rings is 2. The first-order valence-corrected chi connectivity index (χ1v) is 11.3. The summed E-state index contributed by atoms with van der Waals surface area (Å²) in [5.41, 5.74) is -0.481. The van der Waals surface area contributed by atoms with E-state index in [1.807, 2.05) is 0 Å². The molecule has 3 aromatic rings. The third-order valence-electron chi connectivity index (χ3n) is 4.73. The molecule has 0 saturated heterocycles. The van der Waals surface area contributed by atoms with Gasteiger partial charge in [0.15, 0.2) is 12.3 Å². The van der Waals surface area contributed by atoms with Crippen molar-refractivity contribution in [3.05, 3.63) is 76.4 Å². The molecular weight excluding hydrogens is 538 g/mol. The molecule has 3 rings (SSSR count). The van der Waals surface area contributed by atoms with Crippen molar-refractivity contribution < 1.29 is 37.0 Å². The minimum atomic E-state index is -4.58. The number of pyridine rings is 1. The normalized spacial score (nSPS) is 12.7. The van der Waals surface area contributed by atoms with E-state index in [1.165, 1.54) is 38.3 Å². The van der Waals surface area contributed by atoms with Gasteiger partial charge in [0.25, 0.3) is 5.91 Å². The molecule has 0 aliphatic rings. The molecule has 2 N–H and O–H groups in total. The number of anilines is 1. The van der Waals surface area contributed by atoms with Crippen molar-refractivity contribution in [3.8, 4) is 17.4 Å². The number of aromatic nitrogens is 1. The Morgan fingerprint density at radius 3 is 2.19 bits per heavy atom. The van der Waals surface area contributed by atoms with Crippen LogP contribution in [0.15, 0.2) is 60.8 Å². The highest BCUT2D eigenvalue weighted by Gasteiger charge is 2.32. The maximum Gasteiger partial charge on any atom is 0.417 e. The van der Waals surface area contributed by atoms with Crippen molar-refractivity contribution in [3.63, 3.8) is 0 Å². The highest BCUT2D eigenvalue weighted by atomic mass is 35.5. The summed E-state index contributed by atoms with van der Waals surface area (Å²) in [5, 5.41) is 5.53. The second-order valence-electron chi connectivity index (χ2n) is 7.46. The Balaban J connectivity index is 1.60. The summed E-state index contributed by atoms with van der Waals surface area (Å²) in [4.78, 5) is 28.4.